The van der Waals surface area contributed by atoms with Gasteiger partial charge in [0.15, 0.2) is 11.8 Å². The van der Waals surface area contributed by atoms with Gasteiger partial charge >= 0.3 is 0 Å². The molecule has 0 saturated heterocycles. The second-order valence-corrected chi connectivity index (χ2v) is 3.28. The van der Waals surface area contributed by atoms with Crippen molar-refractivity contribution in [2.24, 2.45) is 17.8 Å². The Labute approximate surface area is 89.6 Å². The number of nitrogens with zero attached hydrogens (tertiary/aromatic N) is 4. The van der Waals surface area contributed by atoms with E-state index in [1.54, 1.807) is 11.0 Å². The van der Waals surface area contributed by atoms with E-state index in [0.717, 1.165) is 25.2 Å². The van der Waals surface area contributed by atoms with Crippen LogP contribution in [0.3, 0.4) is 0 Å². The Morgan fingerprint density at radius 2 is 2.47 bits per heavy atom. The molecule has 0 amide bonds. The van der Waals surface area contributed by atoms with E-state index in [9.17, 15) is 0 Å². The lowest BCUT2D eigenvalue weighted by atomic mass is 10.4. The molecule has 1 heterocycles. The first kappa shape index (κ1) is 11.5. The molecule has 0 aliphatic carbocycles. The van der Waals surface area contributed by atoms with E-state index in [4.69, 9.17) is 5.73 Å². The number of nitrogens with two attached hydrogens (primary N) is 1. The van der Waals surface area contributed by atoms with Crippen LogP contribution in [0.5, 0.6) is 0 Å². The van der Waals surface area contributed by atoms with Crippen LogP contribution in [0.15, 0.2) is 11.3 Å². The molecule has 0 atom stereocenters. The molecule has 3 N–H and O–H groups in total. The van der Waals surface area contributed by atoms with Crippen molar-refractivity contribution in [3.05, 3.63) is 12.2 Å². The van der Waals surface area contributed by atoms with E-state index in [-0.39, 0.29) is 0 Å². The normalized spacial score (nSPS) is 11.7. The zero-order chi connectivity index (χ0) is 11.1. The van der Waals surface area contributed by atoms with Gasteiger partial charge < -0.3 is 11.1 Å². The number of hydrogen-bond donors (Lipinski definition) is 2. The molecule has 1 aromatic heterocycles. The summed E-state index contributed by atoms with van der Waals surface area (Å²) in [7, 11) is 1.85. The van der Waals surface area contributed by atoms with Gasteiger partial charge in [0.1, 0.15) is 6.33 Å². The minimum Gasteiger partial charge on any atom is -0.370 e. The van der Waals surface area contributed by atoms with E-state index in [1.807, 2.05) is 7.05 Å². The largest absolute Gasteiger partial charge is 0.370 e. The van der Waals surface area contributed by atoms with Gasteiger partial charge in [-0.2, -0.15) is 5.10 Å². The fraction of sp³-hybridized carbons (Fsp3) is 0.667. The molecule has 0 spiro atoms. The highest BCUT2D eigenvalue weighted by Gasteiger charge is 1.98. The van der Waals surface area contributed by atoms with Gasteiger partial charge in [-0.3, -0.25) is 9.67 Å². The molecular weight excluding hydrogens is 192 g/mol. The van der Waals surface area contributed by atoms with Crippen molar-refractivity contribution in [3.8, 4) is 0 Å². The van der Waals surface area contributed by atoms with Crippen LogP contribution in [0.2, 0.25) is 0 Å². The third kappa shape index (κ3) is 4.44. The second-order valence-electron chi connectivity index (χ2n) is 3.28. The van der Waals surface area contributed by atoms with Crippen LogP contribution in [0.25, 0.3) is 0 Å². The first-order chi connectivity index (χ1) is 7.22. The Balaban J connectivity index is 2.21. The Kier molecular flexibility index (Phi) is 4.59. The zero-order valence-electron chi connectivity index (χ0n) is 9.27. The number of rotatable bonds is 5. The number of hydrogen-bond acceptors (Lipinski definition) is 3. The molecular formula is C9H18N6. The van der Waals surface area contributed by atoms with E-state index >= 15 is 0 Å². The lowest BCUT2D eigenvalue weighted by Gasteiger charge is -2.02. The minimum absolute atomic E-state index is 0.493. The quantitative estimate of drug-likeness (QED) is 0.515. The molecule has 0 saturated carbocycles. The van der Waals surface area contributed by atoms with Gasteiger partial charge in [-0.1, -0.05) is 6.92 Å². The smallest absolute Gasteiger partial charge is 0.188 e. The third-order valence-corrected chi connectivity index (χ3v) is 1.81. The molecule has 0 bridgehead atoms. The first-order valence-corrected chi connectivity index (χ1v) is 5.10. The SMILES string of the molecule is CCCN=C(N)NCCc1ncn(C)n1. The lowest BCUT2D eigenvalue weighted by Crippen LogP contribution is -2.33. The Morgan fingerprint density at radius 3 is 3.07 bits per heavy atom. The molecule has 15 heavy (non-hydrogen) atoms. The number of aromatic nitrogens is 3. The van der Waals surface area contributed by atoms with Crippen molar-refractivity contribution in [2.45, 2.75) is 19.8 Å². The van der Waals surface area contributed by atoms with Gasteiger partial charge in [0.25, 0.3) is 0 Å². The van der Waals surface area contributed by atoms with E-state index in [0.29, 0.717) is 12.5 Å². The predicted molar refractivity (Wildman–Crippen MR) is 59.5 cm³/mol. The number of guanidine groups is 1. The molecule has 0 aliphatic rings. The minimum atomic E-state index is 0.493. The molecule has 6 heteroatoms. The van der Waals surface area contributed by atoms with Gasteiger partial charge in [0.05, 0.1) is 0 Å². The van der Waals surface area contributed by atoms with E-state index < -0.39 is 0 Å². The van der Waals surface area contributed by atoms with Crippen LogP contribution >= 0.6 is 0 Å². The molecule has 6 nitrogen and oxygen atoms in total. The van der Waals surface area contributed by atoms with Gasteiger partial charge in [0, 0.05) is 26.6 Å². The topological polar surface area (TPSA) is 81.1 Å². The van der Waals surface area contributed by atoms with Gasteiger partial charge in [0.2, 0.25) is 0 Å². The summed E-state index contributed by atoms with van der Waals surface area (Å²) in [6.07, 6.45) is 3.44. The van der Waals surface area contributed by atoms with Crippen molar-refractivity contribution >= 4 is 5.96 Å². The molecule has 1 aromatic rings. The Bertz CT molecular complexity index is 316. The lowest BCUT2D eigenvalue weighted by molar-refractivity contribution is 0.728. The maximum absolute atomic E-state index is 5.62. The second kappa shape index (κ2) is 6.00. The van der Waals surface area contributed by atoms with Crippen LogP contribution in [0.1, 0.15) is 19.2 Å². The summed E-state index contributed by atoms with van der Waals surface area (Å²) >= 11 is 0. The van der Waals surface area contributed by atoms with Crippen LogP contribution in [0, 0.1) is 0 Å². The summed E-state index contributed by atoms with van der Waals surface area (Å²) < 4.78 is 1.68. The molecule has 0 radical (unpaired) electrons. The van der Waals surface area contributed by atoms with Crippen molar-refractivity contribution < 1.29 is 0 Å². The average molecular weight is 210 g/mol. The highest BCUT2D eigenvalue weighted by Crippen LogP contribution is 1.87. The van der Waals surface area contributed by atoms with Gasteiger partial charge in [-0.05, 0) is 6.42 Å². The molecule has 0 unspecified atom stereocenters. The average Bonchev–Trinajstić information content (AvgIpc) is 2.61. The third-order valence-electron chi connectivity index (χ3n) is 1.81. The number of aryl methyl sites for hydroxylation is 1. The van der Waals surface area contributed by atoms with Crippen molar-refractivity contribution in [3.63, 3.8) is 0 Å². The molecule has 0 aliphatic heterocycles. The van der Waals surface area contributed by atoms with Gasteiger partial charge in [-0.25, -0.2) is 4.98 Å². The summed E-state index contributed by atoms with van der Waals surface area (Å²) in [6, 6.07) is 0. The van der Waals surface area contributed by atoms with Crippen LogP contribution in [0.4, 0.5) is 0 Å². The summed E-state index contributed by atoms with van der Waals surface area (Å²) in [6.45, 7) is 3.54. The summed E-state index contributed by atoms with van der Waals surface area (Å²) in [5, 5.41) is 7.17. The standard InChI is InChI=1S/C9H18N6/c1-3-5-11-9(10)12-6-4-8-13-7-15(2)14-8/h7H,3-6H2,1-2H3,(H3,10,11,12). The van der Waals surface area contributed by atoms with Crippen molar-refractivity contribution in [1.29, 1.82) is 0 Å². The molecule has 0 fully saturated rings. The summed E-state index contributed by atoms with van der Waals surface area (Å²) in [5.74, 6) is 1.31. The van der Waals surface area contributed by atoms with Crippen molar-refractivity contribution in [2.75, 3.05) is 13.1 Å². The Morgan fingerprint density at radius 1 is 1.67 bits per heavy atom. The van der Waals surface area contributed by atoms with Crippen molar-refractivity contribution in [1.82, 2.24) is 20.1 Å². The van der Waals surface area contributed by atoms with Gasteiger partial charge in [-0.15, -0.1) is 0 Å². The Hall–Kier alpha value is -1.59. The molecule has 1 rings (SSSR count). The maximum atomic E-state index is 5.62. The van der Waals surface area contributed by atoms with Crippen LogP contribution in [-0.4, -0.2) is 33.8 Å². The highest BCUT2D eigenvalue weighted by atomic mass is 15.3. The maximum Gasteiger partial charge on any atom is 0.188 e. The zero-order valence-corrected chi connectivity index (χ0v) is 9.27. The summed E-state index contributed by atoms with van der Waals surface area (Å²) in [5.41, 5.74) is 5.62. The number of aliphatic imine (C=N–C) groups is 1. The predicted octanol–water partition coefficient (Wildman–Crippen LogP) is -0.328. The van der Waals surface area contributed by atoms with Crippen LogP contribution < -0.4 is 11.1 Å². The number of nitrogens with one attached hydrogen (secondary N) is 1. The molecule has 84 valence electrons. The summed E-state index contributed by atoms with van der Waals surface area (Å²) in [4.78, 5) is 8.22. The highest BCUT2D eigenvalue weighted by molar-refractivity contribution is 5.77. The molecule has 0 aromatic carbocycles. The first-order valence-electron chi connectivity index (χ1n) is 5.10. The monoisotopic (exact) mass is 210 g/mol. The van der Waals surface area contributed by atoms with E-state index in [1.165, 1.54) is 0 Å². The fourth-order valence-corrected chi connectivity index (χ4v) is 1.09. The van der Waals surface area contributed by atoms with Crippen LogP contribution in [-0.2, 0) is 13.5 Å². The van der Waals surface area contributed by atoms with E-state index in [2.05, 4.69) is 27.3 Å². The fourth-order valence-electron chi connectivity index (χ4n) is 1.09.